The molecule has 1 N–H and O–H groups in total. The van der Waals surface area contributed by atoms with E-state index in [0.29, 0.717) is 17.1 Å². The van der Waals surface area contributed by atoms with Gasteiger partial charge < -0.3 is 9.50 Å². The topological polar surface area (TPSA) is 55.4 Å². The van der Waals surface area contributed by atoms with E-state index in [4.69, 9.17) is 15.8 Å². The molecule has 0 aromatic heterocycles. The van der Waals surface area contributed by atoms with Crippen LogP contribution in [0.2, 0.25) is 5.02 Å². The van der Waals surface area contributed by atoms with E-state index < -0.39 is 10.1 Å². The number of rotatable bonds is 6. The van der Waals surface area contributed by atoms with Gasteiger partial charge in [-0.25, -0.2) is 0 Å². The van der Waals surface area contributed by atoms with Crippen molar-refractivity contribution in [3.63, 3.8) is 0 Å². The van der Waals surface area contributed by atoms with Crippen LogP contribution in [0, 0.1) is 13.8 Å². The number of hydrogen-bond acceptors (Lipinski definition) is 4. The second-order valence-electron chi connectivity index (χ2n) is 6.42. The molecule has 28 heavy (non-hydrogen) atoms. The van der Waals surface area contributed by atoms with Crippen molar-refractivity contribution in [3.8, 4) is 5.75 Å². The van der Waals surface area contributed by atoms with E-state index in [2.05, 4.69) is 21.2 Å². The van der Waals surface area contributed by atoms with Gasteiger partial charge in [0.05, 0.1) is 0 Å². The summed E-state index contributed by atoms with van der Waals surface area (Å²) in [4.78, 5) is 0.116. The van der Waals surface area contributed by atoms with E-state index in [1.54, 1.807) is 24.3 Å². The molecule has 146 valence electrons. The average Bonchev–Trinajstić information content (AvgIpc) is 2.65. The molecule has 0 aliphatic rings. The highest BCUT2D eigenvalue weighted by atomic mass is 79.9. The second-order valence-corrected chi connectivity index (χ2v) is 9.29. The number of anilines is 1. The van der Waals surface area contributed by atoms with Crippen LogP contribution in [0.1, 0.15) is 16.7 Å². The first-order valence-corrected chi connectivity index (χ1v) is 11.1. The van der Waals surface area contributed by atoms with Crippen molar-refractivity contribution in [1.82, 2.24) is 0 Å². The molecule has 3 aromatic rings. The zero-order valence-electron chi connectivity index (χ0n) is 15.4. The van der Waals surface area contributed by atoms with Crippen LogP contribution in [-0.2, 0) is 16.7 Å². The molecule has 7 heteroatoms. The highest BCUT2D eigenvalue weighted by Gasteiger charge is 2.18. The molecule has 0 unspecified atom stereocenters. The summed E-state index contributed by atoms with van der Waals surface area (Å²) in [6, 6.07) is 17.4. The maximum absolute atomic E-state index is 12.6. The Morgan fingerprint density at radius 1 is 1.00 bits per heavy atom. The highest BCUT2D eigenvalue weighted by Crippen LogP contribution is 2.28. The smallest absolute Gasteiger partial charge is 0.339 e. The summed E-state index contributed by atoms with van der Waals surface area (Å²) in [5, 5.41) is 3.91. The van der Waals surface area contributed by atoms with Crippen molar-refractivity contribution >= 4 is 43.3 Å². The van der Waals surface area contributed by atoms with Gasteiger partial charge in [-0.3, -0.25) is 0 Å². The first-order chi connectivity index (χ1) is 13.2. The Balaban J connectivity index is 1.84. The molecule has 0 aliphatic carbocycles. The third-order valence-electron chi connectivity index (χ3n) is 4.19. The minimum Gasteiger partial charge on any atom is -0.381 e. The van der Waals surface area contributed by atoms with E-state index in [0.717, 1.165) is 21.3 Å². The average molecular weight is 481 g/mol. The Bertz CT molecular complexity index is 1100. The molecule has 0 aliphatic heterocycles. The van der Waals surface area contributed by atoms with Crippen molar-refractivity contribution in [3.05, 3.63) is 86.8 Å². The van der Waals surface area contributed by atoms with Gasteiger partial charge in [-0.05, 0) is 61.9 Å². The van der Waals surface area contributed by atoms with Gasteiger partial charge in [0.25, 0.3) is 0 Å². The lowest BCUT2D eigenvalue weighted by molar-refractivity contribution is 0.483. The van der Waals surface area contributed by atoms with Crippen LogP contribution >= 0.6 is 27.5 Å². The quantitative estimate of drug-likeness (QED) is 0.433. The molecular formula is C21H19BrClNO3S. The summed E-state index contributed by atoms with van der Waals surface area (Å²) in [7, 11) is -3.92. The van der Waals surface area contributed by atoms with Crippen LogP contribution < -0.4 is 9.50 Å². The fraction of sp³-hybridized carbons (Fsp3) is 0.143. The van der Waals surface area contributed by atoms with Crippen molar-refractivity contribution in [1.29, 1.82) is 0 Å². The molecule has 3 rings (SSSR count). The van der Waals surface area contributed by atoms with Crippen LogP contribution in [0.4, 0.5) is 5.69 Å². The molecule has 0 heterocycles. The van der Waals surface area contributed by atoms with Gasteiger partial charge in [0.2, 0.25) is 0 Å². The Morgan fingerprint density at radius 2 is 1.71 bits per heavy atom. The van der Waals surface area contributed by atoms with Crippen molar-refractivity contribution in [2.75, 3.05) is 5.32 Å². The van der Waals surface area contributed by atoms with Gasteiger partial charge in [0.1, 0.15) is 10.6 Å². The van der Waals surface area contributed by atoms with Gasteiger partial charge in [0, 0.05) is 27.3 Å². The van der Waals surface area contributed by atoms with E-state index in [1.165, 1.54) is 12.1 Å². The predicted molar refractivity (Wildman–Crippen MR) is 117 cm³/mol. The molecule has 0 saturated carbocycles. The predicted octanol–water partition coefficient (Wildman–Crippen LogP) is 6.10. The summed E-state index contributed by atoms with van der Waals surface area (Å²) in [5.74, 6) is 0.273. The third kappa shape index (κ3) is 5.07. The lowest BCUT2D eigenvalue weighted by atomic mass is 10.2. The van der Waals surface area contributed by atoms with Crippen LogP contribution in [-0.4, -0.2) is 8.42 Å². The van der Waals surface area contributed by atoms with Crippen molar-refractivity contribution in [2.24, 2.45) is 0 Å². The lowest BCUT2D eigenvalue weighted by Gasteiger charge is -2.14. The van der Waals surface area contributed by atoms with Crippen LogP contribution in [0.3, 0.4) is 0 Å². The van der Waals surface area contributed by atoms with Gasteiger partial charge in [-0.15, -0.1) is 0 Å². The normalized spacial score (nSPS) is 11.3. The van der Waals surface area contributed by atoms with E-state index >= 15 is 0 Å². The van der Waals surface area contributed by atoms with Crippen LogP contribution in [0.25, 0.3) is 0 Å². The Hall–Kier alpha value is -2.02. The maximum atomic E-state index is 12.6. The number of nitrogens with one attached hydrogen (secondary N) is 1. The number of benzene rings is 3. The summed E-state index contributed by atoms with van der Waals surface area (Å²) in [6.45, 7) is 4.20. The minimum absolute atomic E-state index is 0.116. The molecule has 0 saturated heterocycles. The van der Waals surface area contributed by atoms with E-state index in [-0.39, 0.29) is 10.6 Å². The summed E-state index contributed by atoms with van der Waals surface area (Å²) in [6.07, 6.45) is 0. The largest absolute Gasteiger partial charge is 0.381 e. The standard InChI is InChI=1S/C21H19BrClNO3S/c1-14-3-8-19(9-4-14)28(25,26)27-21-10-6-17(22)11-16(21)13-24-18-7-5-15(2)20(23)12-18/h3-12,24H,13H2,1-2H3. The van der Waals surface area contributed by atoms with Crippen LogP contribution in [0.15, 0.2) is 70.0 Å². The fourth-order valence-corrected chi connectivity index (χ4v) is 4.09. The molecule has 0 atom stereocenters. The Morgan fingerprint density at radius 3 is 2.39 bits per heavy atom. The second kappa shape index (κ2) is 8.55. The van der Waals surface area contributed by atoms with Crippen LogP contribution in [0.5, 0.6) is 5.75 Å². The zero-order valence-corrected chi connectivity index (χ0v) is 18.5. The van der Waals surface area contributed by atoms with E-state index in [9.17, 15) is 8.42 Å². The lowest BCUT2D eigenvalue weighted by Crippen LogP contribution is -2.12. The molecule has 0 radical (unpaired) electrons. The van der Waals surface area contributed by atoms with Gasteiger partial charge in [0.15, 0.2) is 0 Å². The zero-order chi connectivity index (χ0) is 20.3. The highest BCUT2D eigenvalue weighted by molar-refractivity contribution is 9.10. The number of halogens is 2. The first-order valence-electron chi connectivity index (χ1n) is 8.54. The Labute approximate surface area is 178 Å². The minimum atomic E-state index is -3.92. The maximum Gasteiger partial charge on any atom is 0.339 e. The summed E-state index contributed by atoms with van der Waals surface area (Å²) < 4.78 is 31.5. The van der Waals surface area contributed by atoms with Crippen molar-refractivity contribution in [2.45, 2.75) is 25.3 Å². The molecule has 0 amide bonds. The van der Waals surface area contributed by atoms with Gasteiger partial charge >= 0.3 is 10.1 Å². The molecule has 3 aromatic carbocycles. The van der Waals surface area contributed by atoms with Gasteiger partial charge in [-0.1, -0.05) is 51.3 Å². The fourth-order valence-electron chi connectivity index (χ4n) is 2.54. The SMILES string of the molecule is Cc1ccc(S(=O)(=O)Oc2ccc(Br)cc2CNc2ccc(C)c(Cl)c2)cc1. The Kier molecular flexibility index (Phi) is 6.33. The van der Waals surface area contributed by atoms with Gasteiger partial charge in [-0.2, -0.15) is 8.42 Å². The molecular weight excluding hydrogens is 462 g/mol. The molecule has 4 nitrogen and oxygen atoms in total. The summed E-state index contributed by atoms with van der Waals surface area (Å²) in [5.41, 5.74) is 3.50. The number of hydrogen-bond donors (Lipinski definition) is 1. The molecule has 0 spiro atoms. The van der Waals surface area contributed by atoms with Crippen molar-refractivity contribution < 1.29 is 12.6 Å². The van der Waals surface area contributed by atoms with E-state index in [1.807, 2.05) is 38.1 Å². The third-order valence-corrected chi connectivity index (χ3v) is 6.34. The number of aryl methyl sites for hydroxylation is 2. The molecule has 0 fully saturated rings. The first kappa shape index (κ1) is 20.7. The monoisotopic (exact) mass is 479 g/mol. The molecule has 0 bridgehead atoms. The summed E-state index contributed by atoms with van der Waals surface area (Å²) >= 11 is 9.59.